The third-order valence-electron chi connectivity index (χ3n) is 9.81. The van der Waals surface area contributed by atoms with Gasteiger partial charge in [0.2, 0.25) is 0 Å². The van der Waals surface area contributed by atoms with Crippen molar-refractivity contribution >= 4 is 17.9 Å². The summed E-state index contributed by atoms with van der Waals surface area (Å²) in [7, 11) is 0. The number of unbranched alkanes of at least 4 members (excludes halogenated alkanes) is 22. The van der Waals surface area contributed by atoms with E-state index in [1.54, 1.807) is 0 Å². The van der Waals surface area contributed by atoms with Gasteiger partial charge in [0.1, 0.15) is 13.2 Å². The maximum Gasteiger partial charge on any atom is 0.306 e. The second-order valence-corrected chi connectivity index (χ2v) is 15.3. The van der Waals surface area contributed by atoms with Crippen LogP contribution in [0.25, 0.3) is 0 Å². The molecule has 0 saturated heterocycles. The first kappa shape index (κ1) is 52.4. The summed E-state index contributed by atoms with van der Waals surface area (Å²) >= 11 is 0. The monoisotopic (exact) mass is 771 g/mol. The zero-order chi connectivity index (χ0) is 40.1. The molecule has 0 aliphatic heterocycles. The zero-order valence-corrected chi connectivity index (χ0v) is 36.2. The van der Waals surface area contributed by atoms with Gasteiger partial charge in [0.25, 0.3) is 0 Å². The standard InChI is InChI=1S/C49H86O6/c1-4-7-10-13-15-17-19-21-23-25-27-29-31-33-36-39-42-48(51)54-45-46(44-53-47(50)41-38-35-12-9-6-3)55-49(52)43-40-37-34-32-30-28-26-24-22-20-18-16-14-11-8-5-2/h17-20,23-26,46H,4-16,21-22,27-45H2,1-3H3/b19-17-,20-18-,25-23-,26-24-. The first-order valence-electron chi connectivity index (χ1n) is 23.1. The fourth-order valence-corrected chi connectivity index (χ4v) is 6.27. The Bertz CT molecular complexity index is 980. The third kappa shape index (κ3) is 42.4. The fourth-order valence-electron chi connectivity index (χ4n) is 6.27. The molecule has 318 valence electrons. The number of hydrogen-bond acceptors (Lipinski definition) is 6. The van der Waals surface area contributed by atoms with Crippen molar-refractivity contribution in [2.45, 2.75) is 232 Å². The van der Waals surface area contributed by atoms with Crippen molar-refractivity contribution < 1.29 is 28.6 Å². The lowest BCUT2D eigenvalue weighted by Crippen LogP contribution is -2.30. The highest BCUT2D eigenvalue weighted by Crippen LogP contribution is 2.13. The van der Waals surface area contributed by atoms with E-state index in [4.69, 9.17) is 14.2 Å². The lowest BCUT2D eigenvalue weighted by molar-refractivity contribution is -0.167. The van der Waals surface area contributed by atoms with Crippen molar-refractivity contribution in [1.29, 1.82) is 0 Å². The number of ether oxygens (including phenoxy) is 3. The molecule has 0 radical (unpaired) electrons. The SMILES string of the molecule is CCCCCC/C=C\C/C=C\CCCCCCCC(=O)OCC(COC(=O)CCCCCCC)OC(=O)CCCCCCC/C=C\C/C=C\CCCCCC. The average Bonchev–Trinajstić information content (AvgIpc) is 3.18. The van der Waals surface area contributed by atoms with Gasteiger partial charge in [-0.2, -0.15) is 0 Å². The summed E-state index contributed by atoms with van der Waals surface area (Å²) in [5, 5.41) is 0. The van der Waals surface area contributed by atoms with Crippen LogP contribution in [0.3, 0.4) is 0 Å². The summed E-state index contributed by atoms with van der Waals surface area (Å²) in [6.45, 7) is 6.49. The second-order valence-electron chi connectivity index (χ2n) is 15.3. The lowest BCUT2D eigenvalue weighted by Gasteiger charge is -2.18. The summed E-state index contributed by atoms with van der Waals surface area (Å²) in [4.78, 5) is 37.5. The molecule has 1 unspecified atom stereocenters. The Balaban J connectivity index is 4.27. The molecule has 0 rings (SSSR count). The first-order valence-corrected chi connectivity index (χ1v) is 23.1. The number of carbonyl (C=O) groups is 3. The quantitative estimate of drug-likeness (QED) is 0.0267. The summed E-state index contributed by atoms with van der Waals surface area (Å²) < 4.78 is 16.6. The van der Waals surface area contributed by atoms with Gasteiger partial charge >= 0.3 is 17.9 Å². The molecule has 0 saturated carbocycles. The molecule has 0 aliphatic carbocycles. The average molecular weight is 771 g/mol. The van der Waals surface area contributed by atoms with Crippen LogP contribution in [0.2, 0.25) is 0 Å². The van der Waals surface area contributed by atoms with Gasteiger partial charge in [-0.05, 0) is 83.5 Å². The van der Waals surface area contributed by atoms with Crippen LogP contribution >= 0.6 is 0 Å². The minimum absolute atomic E-state index is 0.0845. The van der Waals surface area contributed by atoms with E-state index < -0.39 is 6.10 Å². The highest BCUT2D eigenvalue weighted by atomic mass is 16.6. The van der Waals surface area contributed by atoms with Gasteiger partial charge in [0, 0.05) is 19.3 Å². The molecule has 55 heavy (non-hydrogen) atoms. The molecule has 0 bridgehead atoms. The minimum Gasteiger partial charge on any atom is -0.462 e. The predicted octanol–water partition coefficient (Wildman–Crippen LogP) is 14.8. The fraction of sp³-hybridized carbons (Fsp3) is 0.776. The molecule has 6 heteroatoms. The smallest absolute Gasteiger partial charge is 0.306 e. The number of hydrogen-bond donors (Lipinski definition) is 0. The van der Waals surface area contributed by atoms with Crippen LogP contribution in [0.5, 0.6) is 0 Å². The molecule has 0 fully saturated rings. The van der Waals surface area contributed by atoms with Gasteiger partial charge < -0.3 is 14.2 Å². The molecule has 0 amide bonds. The minimum atomic E-state index is -0.780. The molecule has 0 aromatic carbocycles. The maximum atomic E-state index is 12.7. The van der Waals surface area contributed by atoms with Crippen LogP contribution in [-0.4, -0.2) is 37.2 Å². The maximum absolute atomic E-state index is 12.7. The summed E-state index contributed by atoms with van der Waals surface area (Å²) in [5.74, 6) is -0.927. The molecule has 0 heterocycles. The zero-order valence-electron chi connectivity index (χ0n) is 36.2. The van der Waals surface area contributed by atoms with Crippen LogP contribution in [0.4, 0.5) is 0 Å². The van der Waals surface area contributed by atoms with E-state index in [-0.39, 0.29) is 31.1 Å². The Labute approximate surface area is 339 Å². The summed E-state index contributed by atoms with van der Waals surface area (Å²) in [6, 6.07) is 0. The second kappa shape index (κ2) is 44.1. The highest BCUT2D eigenvalue weighted by Gasteiger charge is 2.19. The van der Waals surface area contributed by atoms with Gasteiger partial charge in [-0.25, -0.2) is 0 Å². The Morgan fingerprint density at radius 1 is 0.364 bits per heavy atom. The normalized spacial score (nSPS) is 12.4. The molecule has 0 N–H and O–H groups in total. The lowest BCUT2D eigenvalue weighted by atomic mass is 10.1. The Hall–Kier alpha value is -2.63. The van der Waals surface area contributed by atoms with E-state index in [2.05, 4.69) is 69.4 Å². The third-order valence-corrected chi connectivity index (χ3v) is 9.81. The first-order chi connectivity index (χ1) is 27.0. The number of allylic oxidation sites excluding steroid dienone is 8. The van der Waals surface area contributed by atoms with Gasteiger partial charge in [-0.1, -0.05) is 172 Å². The van der Waals surface area contributed by atoms with Gasteiger partial charge in [-0.15, -0.1) is 0 Å². The van der Waals surface area contributed by atoms with Crippen LogP contribution in [0.1, 0.15) is 226 Å². The van der Waals surface area contributed by atoms with Gasteiger partial charge in [0.15, 0.2) is 6.10 Å². The van der Waals surface area contributed by atoms with E-state index >= 15 is 0 Å². The molecule has 0 aromatic heterocycles. The highest BCUT2D eigenvalue weighted by molar-refractivity contribution is 5.71. The molecule has 0 aromatic rings. The number of rotatable bonds is 41. The summed E-state index contributed by atoms with van der Waals surface area (Å²) in [5.41, 5.74) is 0. The van der Waals surface area contributed by atoms with Crippen molar-refractivity contribution in [3.63, 3.8) is 0 Å². The Kier molecular flexibility index (Phi) is 42.0. The van der Waals surface area contributed by atoms with Crippen LogP contribution in [0.15, 0.2) is 48.6 Å². The number of carbonyl (C=O) groups excluding carboxylic acids is 3. The van der Waals surface area contributed by atoms with E-state index in [0.717, 1.165) is 109 Å². The largest absolute Gasteiger partial charge is 0.462 e. The van der Waals surface area contributed by atoms with E-state index in [1.165, 1.54) is 77.0 Å². The van der Waals surface area contributed by atoms with Crippen LogP contribution < -0.4 is 0 Å². The van der Waals surface area contributed by atoms with E-state index in [9.17, 15) is 14.4 Å². The van der Waals surface area contributed by atoms with Crippen LogP contribution in [-0.2, 0) is 28.6 Å². The molecule has 0 spiro atoms. The summed E-state index contributed by atoms with van der Waals surface area (Å²) in [6.07, 6.45) is 51.2. The van der Waals surface area contributed by atoms with Gasteiger partial charge in [-0.3, -0.25) is 14.4 Å². The Morgan fingerprint density at radius 3 is 1.02 bits per heavy atom. The van der Waals surface area contributed by atoms with Crippen molar-refractivity contribution in [3.8, 4) is 0 Å². The predicted molar refractivity (Wildman–Crippen MR) is 233 cm³/mol. The van der Waals surface area contributed by atoms with E-state index in [0.29, 0.717) is 19.3 Å². The van der Waals surface area contributed by atoms with Gasteiger partial charge in [0.05, 0.1) is 0 Å². The molecule has 6 nitrogen and oxygen atoms in total. The molecular weight excluding hydrogens is 685 g/mol. The van der Waals surface area contributed by atoms with Crippen molar-refractivity contribution in [1.82, 2.24) is 0 Å². The molecule has 0 aliphatic rings. The van der Waals surface area contributed by atoms with Crippen molar-refractivity contribution in [2.24, 2.45) is 0 Å². The van der Waals surface area contributed by atoms with Crippen molar-refractivity contribution in [2.75, 3.05) is 13.2 Å². The van der Waals surface area contributed by atoms with Crippen LogP contribution in [0, 0.1) is 0 Å². The topological polar surface area (TPSA) is 78.9 Å². The van der Waals surface area contributed by atoms with E-state index in [1.807, 2.05) is 0 Å². The number of esters is 3. The molecular formula is C49H86O6. The van der Waals surface area contributed by atoms with Crippen molar-refractivity contribution in [3.05, 3.63) is 48.6 Å². The molecule has 1 atom stereocenters. The Morgan fingerprint density at radius 2 is 0.655 bits per heavy atom.